The number of oxazole rings is 1. The first-order chi connectivity index (χ1) is 10.6. The third-order valence-corrected chi connectivity index (χ3v) is 2.76. The quantitative estimate of drug-likeness (QED) is 0.768. The van der Waals surface area contributed by atoms with Crippen molar-refractivity contribution in [1.29, 1.82) is 0 Å². The molecular formula is C14H9FN4O3. The SMILES string of the molecule is O=C(Nc1[nH]c(=O)ncc1F)c1coc(-c2ccccc2)n1. The molecule has 0 atom stereocenters. The zero-order chi connectivity index (χ0) is 15.5. The highest BCUT2D eigenvalue weighted by Gasteiger charge is 2.15. The standard InChI is InChI=1S/C14H9FN4O3/c15-9-6-16-14(21)19-11(9)18-12(20)10-7-22-13(17-10)8-4-2-1-3-5-8/h1-7H,(H2,16,18,19,20,21). The van der Waals surface area contributed by atoms with Crippen LogP contribution >= 0.6 is 0 Å². The van der Waals surface area contributed by atoms with Crippen LogP contribution in [-0.2, 0) is 0 Å². The molecule has 1 amide bonds. The molecule has 22 heavy (non-hydrogen) atoms. The van der Waals surface area contributed by atoms with Gasteiger partial charge in [0.15, 0.2) is 17.3 Å². The lowest BCUT2D eigenvalue weighted by Crippen LogP contribution is -2.19. The highest BCUT2D eigenvalue weighted by atomic mass is 19.1. The molecule has 0 fully saturated rings. The van der Waals surface area contributed by atoms with Gasteiger partial charge in [-0.2, -0.15) is 4.98 Å². The molecule has 0 saturated heterocycles. The fourth-order valence-corrected chi connectivity index (χ4v) is 1.74. The molecule has 0 aliphatic heterocycles. The molecule has 1 aromatic carbocycles. The van der Waals surface area contributed by atoms with Gasteiger partial charge in [-0.25, -0.2) is 14.2 Å². The summed E-state index contributed by atoms with van der Waals surface area (Å²) in [6.45, 7) is 0. The van der Waals surface area contributed by atoms with Gasteiger partial charge in [0, 0.05) is 5.56 Å². The second kappa shape index (κ2) is 5.60. The summed E-state index contributed by atoms with van der Waals surface area (Å²) in [6, 6.07) is 8.98. The minimum atomic E-state index is -0.861. The number of carbonyl (C=O) groups is 1. The average molecular weight is 300 g/mol. The van der Waals surface area contributed by atoms with E-state index in [2.05, 4.69) is 20.3 Å². The number of anilines is 1. The smallest absolute Gasteiger partial charge is 0.346 e. The summed E-state index contributed by atoms with van der Waals surface area (Å²) in [6.07, 6.45) is 1.86. The molecule has 0 aliphatic rings. The van der Waals surface area contributed by atoms with E-state index in [1.54, 1.807) is 24.3 Å². The molecular weight excluding hydrogens is 291 g/mol. The lowest BCUT2D eigenvalue weighted by atomic mass is 10.2. The van der Waals surface area contributed by atoms with Gasteiger partial charge in [0.05, 0.1) is 6.20 Å². The van der Waals surface area contributed by atoms with Crippen molar-refractivity contribution < 1.29 is 13.6 Å². The van der Waals surface area contributed by atoms with E-state index < -0.39 is 17.4 Å². The summed E-state index contributed by atoms with van der Waals surface area (Å²) in [7, 11) is 0. The summed E-state index contributed by atoms with van der Waals surface area (Å²) in [5, 5.41) is 2.20. The Kier molecular flexibility index (Phi) is 3.48. The summed E-state index contributed by atoms with van der Waals surface area (Å²) >= 11 is 0. The monoisotopic (exact) mass is 300 g/mol. The first kappa shape index (κ1) is 13.7. The molecule has 0 saturated carbocycles. The molecule has 2 heterocycles. The maximum atomic E-state index is 13.4. The first-order valence-electron chi connectivity index (χ1n) is 6.20. The van der Waals surface area contributed by atoms with Crippen molar-refractivity contribution in [2.24, 2.45) is 0 Å². The lowest BCUT2D eigenvalue weighted by molar-refractivity contribution is 0.102. The van der Waals surface area contributed by atoms with Crippen LogP contribution in [0.5, 0.6) is 0 Å². The van der Waals surface area contributed by atoms with Crippen molar-refractivity contribution in [2.45, 2.75) is 0 Å². The van der Waals surface area contributed by atoms with Gasteiger partial charge in [-0.1, -0.05) is 18.2 Å². The maximum Gasteiger partial charge on any atom is 0.346 e. The number of hydrogen-bond acceptors (Lipinski definition) is 5. The zero-order valence-electron chi connectivity index (χ0n) is 11.0. The Bertz CT molecular complexity index is 873. The van der Waals surface area contributed by atoms with Gasteiger partial charge in [-0.3, -0.25) is 9.78 Å². The van der Waals surface area contributed by atoms with Crippen LogP contribution in [0.2, 0.25) is 0 Å². The van der Waals surface area contributed by atoms with E-state index in [-0.39, 0.29) is 17.4 Å². The zero-order valence-corrected chi connectivity index (χ0v) is 11.0. The molecule has 0 unspecified atom stereocenters. The normalized spacial score (nSPS) is 10.4. The van der Waals surface area contributed by atoms with Crippen molar-refractivity contribution in [3.63, 3.8) is 0 Å². The number of benzene rings is 1. The molecule has 2 N–H and O–H groups in total. The summed E-state index contributed by atoms with van der Waals surface area (Å²) in [4.78, 5) is 32.3. The molecule has 0 bridgehead atoms. The molecule has 7 nitrogen and oxygen atoms in total. The molecule has 3 rings (SSSR count). The maximum absolute atomic E-state index is 13.4. The van der Waals surface area contributed by atoms with E-state index in [9.17, 15) is 14.0 Å². The second-order valence-electron chi connectivity index (χ2n) is 4.27. The Balaban J connectivity index is 1.83. The van der Waals surface area contributed by atoms with Crippen molar-refractivity contribution >= 4 is 11.7 Å². The van der Waals surface area contributed by atoms with Crippen LogP contribution in [-0.4, -0.2) is 20.9 Å². The minimum absolute atomic E-state index is 0.0454. The second-order valence-corrected chi connectivity index (χ2v) is 4.27. The van der Waals surface area contributed by atoms with Crippen LogP contribution in [0, 0.1) is 5.82 Å². The van der Waals surface area contributed by atoms with Gasteiger partial charge in [0.1, 0.15) is 6.26 Å². The van der Waals surface area contributed by atoms with E-state index in [0.29, 0.717) is 11.8 Å². The third-order valence-electron chi connectivity index (χ3n) is 2.76. The van der Waals surface area contributed by atoms with E-state index >= 15 is 0 Å². The number of aromatic amines is 1. The minimum Gasteiger partial charge on any atom is -0.444 e. The van der Waals surface area contributed by atoms with E-state index in [1.165, 1.54) is 0 Å². The molecule has 0 aliphatic carbocycles. The van der Waals surface area contributed by atoms with E-state index in [4.69, 9.17) is 4.42 Å². The topological polar surface area (TPSA) is 101 Å². The Morgan fingerprint density at radius 2 is 2.05 bits per heavy atom. The Morgan fingerprint density at radius 3 is 2.82 bits per heavy atom. The van der Waals surface area contributed by atoms with E-state index in [1.807, 2.05) is 6.07 Å². The highest BCUT2D eigenvalue weighted by Crippen LogP contribution is 2.18. The van der Waals surface area contributed by atoms with Crippen molar-refractivity contribution in [1.82, 2.24) is 15.0 Å². The molecule has 110 valence electrons. The van der Waals surface area contributed by atoms with Gasteiger partial charge in [-0.15, -0.1) is 0 Å². The van der Waals surface area contributed by atoms with Gasteiger partial charge in [0.2, 0.25) is 5.89 Å². The largest absolute Gasteiger partial charge is 0.444 e. The Labute approximate surface area is 122 Å². The molecule has 8 heteroatoms. The average Bonchev–Trinajstić information content (AvgIpc) is 3.02. The number of nitrogens with one attached hydrogen (secondary N) is 2. The number of amides is 1. The molecule has 3 aromatic rings. The molecule has 0 spiro atoms. The third kappa shape index (κ3) is 2.75. The number of H-pyrrole nitrogens is 1. The van der Waals surface area contributed by atoms with Gasteiger partial charge >= 0.3 is 5.69 Å². The number of halogens is 1. The number of rotatable bonds is 3. The van der Waals surface area contributed by atoms with Crippen LogP contribution in [0.1, 0.15) is 10.5 Å². The lowest BCUT2D eigenvalue weighted by Gasteiger charge is -2.02. The van der Waals surface area contributed by atoms with Crippen LogP contribution < -0.4 is 11.0 Å². The predicted octanol–water partition coefficient (Wildman–Crippen LogP) is 1.82. The van der Waals surface area contributed by atoms with Crippen molar-refractivity contribution in [3.05, 3.63) is 64.8 Å². The van der Waals surface area contributed by atoms with Crippen molar-refractivity contribution in [3.8, 4) is 11.5 Å². The Hall–Kier alpha value is -3.29. The number of aromatic nitrogens is 3. The Morgan fingerprint density at radius 1 is 1.27 bits per heavy atom. The predicted molar refractivity (Wildman–Crippen MR) is 74.7 cm³/mol. The van der Waals surface area contributed by atoms with Crippen molar-refractivity contribution in [2.75, 3.05) is 5.32 Å². The summed E-state index contributed by atoms with van der Waals surface area (Å²) < 4.78 is 18.6. The summed E-state index contributed by atoms with van der Waals surface area (Å²) in [5.74, 6) is -1.70. The van der Waals surface area contributed by atoms with Crippen LogP contribution in [0.3, 0.4) is 0 Å². The first-order valence-corrected chi connectivity index (χ1v) is 6.20. The van der Waals surface area contributed by atoms with Gasteiger partial charge in [0.25, 0.3) is 5.91 Å². The number of nitrogens with zero attached hydrogens (tertiary/aromatic N) is 2. The number of hydrogen-bond donors (Lipinski definition) is 2. The van der Waals surface area contributed by atoms with Gasteiger partial charge < -0.3 is 9.73 Å². The highest BCUT2D eigenvalue weighted by molar-refractivity contribution is 6.02. The molecule has 0 radical (unpaired) electrons. The summed E-state index contributed by atoms with van der Waals surface area (Å²) in [5.41, 5.74) is -0.122. The van der Waals surface area contributed by atoms with E-state index in [0.717, 1.165) is 6.26 Å². The van der Waals surface area contributed by atoms with Gasteiger partial charge in [-0.05, 0) is 12.1 Å². The van der Waals surface area contributed by atoms with Crippen LogP contribution in [0.25, 0.3) is 11.5 Å². The van der Waals surface area contributed by atoms with Crippen LogP contribution in [0.15, 0.2) is 52.0 Å². The van der Waals surface area contributed by atoms with Crippen LogP contribution in [0.4, 0.5) is 10.2 Å². The fourth-order valence-electron chi connectivity index (χ4n) is 1.74. The fraction of sp³-hybridized carbons (Fsp3) is 0. The number of carbonyl (C=O) groups excluding carboxylic acids is 1. The molecule has 2 aromatic heterocycles.